The van der Waals surface area contributed by atoms with E-state index in [-0.39, 0.29) is 23.8 Å². The number of nitrogens with one attached hydrogen (secondary N) is 3. The average molecular weight is 554 g/mol. The number of methoxy groups -OCH3 is 1. The van der Waals surface area contributed by atoms with Gasteiger partial charge >= 0.3 is 12.0 Å². The van der Waals surface area contributed by atoms with Gasteiger partial charge in [0.2, 0.25) is 5.91 Å². The van der Waals surface area contributed by atoms with E-state index < -0.39 is 12.0 Å². The van der Waals surface area contributed by atoms with Crippen molar-refractivity contribution < 1.29 is 24.2 Å². The number of aromatic amines is 1. The maximum atomic E-state index is 13.8. The van der Waals surface area contributed by atoms with Gasteiger partial charge in [0.05, 0.1) is 13.4 Å². The van der Waals surface area contributed by atoms with Gasteiger partial charge < -0.3 is 30.4 Å². The molecule has 2 aliphatic rings. The molecular weight excluding hydrogens is 510 g/mol. The Balaban J connectivity index is 1.41. The minimum Gasteiger partial charge on any atom is -0.497 e. The zero-order valence-electron chi connectivity index (χ0n) is 23.5. The lowest BCUT2D eigenvalue weighted by molar-refractivity contribution is -0.140. The first kappa shape index (κ1) is 29.4. The number of ether oxygens (including phenoxy) is 1. The maximum absolute atomic E-state index is 13.8. The molecular formula is C30H43N5O5. The topological polar surface area (TPSA) is 137 Å². The average Bonchev–Trinajstić information content (AvgIpc) is 3.50. The molecule has 4 rings (SSSR count). The SMILES string of the molecule is COc1ccc(CC(NC(=O)NCCc2cnc[nH]2)C(=O)N2CCC(CCC(=O)O)(C3CCCCC3)CC2)cc1. The highest BCUT2D eigenvalue weighted by Gasteiger charge is 2.43. The molecule has 1 aromatic heterocycles. The number of hydrogen-bond donors (Lipinski definition) is 4. The number of carboxylic acid groups (broad SMARTS) is 1. The molecule has 4 N–H and O–H groups in total. The number of likely N-dealkylation sites (tertiary alicyclic amines) is 1. The van der Waals surface area contributed by atoms with E-state index in [1.54, 1.807) is 19.6 Å². The van der Waals surface area contributed by atoms with Crippen LogP contribution in [0.5, 0.6) is 5.75 Å². The Morgan fingerprint density at radius 3 is 2.50 bits per heavy atom. The lowest BCUT2D eigenvalue weighted by Gasteiger charge is -2.48. The smallest absolute Gasteiger partial charge is 0.315 e. The summed E-state index contributed by atoms with van der Waals surface area (Å²) in [7, 11) is 1.61. The molecule has 1 unspecified atom stereocenters. The summed E-state index contributed by atoms with van der Waals surface area (Å²) in [5.74, 6) is 0.394. The first-order chi connectivity index (χ1) is 19.4. The molecule has 0 radical (unpaired) electrons. The summed E-state index contributed by atoms with van der Waals surface area (Å²) in [6, 6.07) is 6.41. The Morgan fingerprint density at radius 2 is 1.88 bits per heavy atom. The van der Waals surface area contributed by atoms with Crippen LogP contribution in [0.4, 0.5) is 4.79 Å². The molecule has 2 heterocycles. The lowest BCUT2D eigenvalue weighted by Crippen LogP contribution is -2.55. The van der Waals surface area contributed by atoms with E-state index in [0.717, 1.165) is 42.7 Å². The second-order valence-corrected chi connectivity index (χ2v) is 11.2. The maximum Gasteiger partial charge on any atom is 0.315 e. The molecule has 0 spiro atoms. The number of hydrogen-bond acceptors (Lipinski definition) is 5. The molecule has 3 amide bonds. The van der Waals surface area contributed by atoms with Gasteiger partial charge in [-0.1, -0.05) is 31.4 Å². The summed E-state index contributed by atoms with van der Waals surface area (Å²) in [4.78, 5) is 47.0. The van der Waals surface area contributed by atoms with E-state index >= 15 is 0 Å². The van der Waals surface area contributed by atoms with Crippen molar-refractivity contribution in [1.29, 1.82) is 0 Å². The monoisotopic (exact) mass is 553 g/mol. The van der Waals surface area contributed by atoms with Crippen LogP contribution in [0, 0.1) is 11.3 Å². The molecule has 1 saturated heterocycles. The Morgan fingerprint density at radius 1 is 1.15 bits per heavy atom. The summed E-state index contributed by atoms with van der Waals surface area (Å²) < 4.78 is 5.26. The van der Waals surface area contributed by atoms with Crippen LogP contribution in [-0.4, -0.2) is 70.7 Å². The van der Waals surface area contributed by atoms with Crippen molar-refractivity contribution in [2.45, 2.75) is 76.7 Å². The number of aliphatic carboxylic acids is 1. The third-order valence-electron chi connectivity index (χ3n) is 8.82. The van der Waals surface area contributed by atoms with Crippen LogP contribution < -0.4 is 15.4 Å². The van der Waals surface area contributed by atoms with Gasteiger partial charge in [-0.25, -0.2) is 9.78 Å². The van der Waals surface area contributed by atoms with Crippen molar-refractivity contribution >= 4 is 17.9 Å². The van der Waals surface area contributed by atoms with Gasteiger partial charge in [0.1, 0.15) is 11.8 Å². The number of carboxylic acids is 1. The normalized spacial score (nSPS) is 18.1. The van der Waals surface area contributed by atoms with Crippen LogP contribution in [0.15, 0.2) is 36.8 Å². The number of H-pyrrole nitrogens is 1. The van der Waals surface area contributed by atoms with Gasteiger partial charge in [-0.3, -0.25) is 9.59 Å². The minimum atomic E-state index is -0.754. The Kier molecular flexibility index (Phi) is 10.4. The van der Waals surface area contributed by atoms with Gasteiger partial charge in [-0.05, 0) is 61.1 Å². The Labute approximate surface area is 236 Å². The number of urea groups is 1. The van der Waals surface area contributed by atoms with Crippen molar-refractivity contribution in [3.05, 3.63) is 48.0 Å². The van der Waals surface area contributed by atoms with E-state index in [2.05, 4.69) is 20.6 Å². The number of carbonyl (C=O) groups is 3. The summed E-state index contributed by atoms with van der Waals surface area (Å²) in [5.41, 5.74) is 1.81. The van der Waals surface area contributed by atoms with E-state index in [1.807, 2.05) is 29.2 Å². The first-order valence-corrected chi connectivity index (χ1v) is 14.5. The first-order valence-electron chi connectivity index (χ1n) is 14.5. The molecule has 40 heavy (non-hydrogen) atoms. The van der Waals surface area contributed by atoms with Crippen LogP contribution in [0.1, 0.15) is 69.0 Å². The molecule has 2 aromatic rings. The summed E-state index contributed by atoms with van der Waals surface area (Å²) in [6.07, 6.45) is 12.7. The van der Waals surface area contributed by atoms with Crippen LogP contribution in [0.25, 0.3) is 0 Å². The van der Waals surface area contributed by atoms with Crippen molar-refractivity contribution in [2.75, 3.05) is 26.7 Å². The zero-order valence-corrected chi connectivity index (χ0v) is 23.5. The summed E-state index contributed by atoms with van der Waals surface area (Å²) in [6.45, 7) is 1.57. The van der Waals surface area contributed by atoms with Crippen molar-refractivity contribution in [3.63, 3.8) is 0 Å². The largest absolute Gasteiger partial charge is 0.497 e. The number of piperidine rings is 1. The highest BCUT2D eigenvalue weighted by atomic mass is 16.5. The molecule has 10 nitrogen and oxygen atoms in total. The van der Waals surface area contributed by atoms with Crippen LogP contribution in [-0.2, 0) is 22.4 Å². The number of benzene rings is 1. The number of nitrogens with zero attached hydrogens (tertiary/aromatic N) is 2. The second kappa shape index (κ2) is 14.2. The van der Waals surface area contributed by atoms with Gasteiger partial charge in [0, 0.05) is 50.8 Å². The van der Waals surface area contributed by atoms with Crippen LogP contribution in [0.3, 0.4) is 0 Å². The number of amides is 3. The second-order valence-electron chi connectivity index (χ2n) is 11.2. The third-order valence-corrected chi connectivity index (χ3v) is 8.82. The Hall–Kier alpha value is -3.56. The molecule has 1 atom stereocenters. The quantitative estimate of drug-likeness (QED) is 0.314. The fraction of sp³-hybridized carbons (Fsp3) is 0.600. The molecule has 1 aliphatic carbocycles. The van der Waals surface area contributed by atoms with Gasteiger partial charge in [-0.2, -0.15) is 0 Å². The zero-order chi connectivity index (χ0) is 28.4. The molecule has 1 aromatic carbocycles. The van der Waals surface area contributed by atoms with E-state index in [1.165, 1.54) is 19.3 Å². The van der Waals surface area contributed by atoms with Crippen LogP contribution >= 0.6 is 0 Å². The third kappa shape index (κ3) is 7.99. The number of carbonyl (C=O) groups excluding carboxylic acids is 2. The number of rotatable bonds is 12. The number of imidazole rings is 1. The van der Waals surface area contributed by atoms with E-state index in [0.29, 0.717) is 44.8 Å². The fourth-order valence-electron chi connectivity index (χ4n) is 6.46. The number of aromatic nitrogens is 2. The molecule has 1 aliphatic heterocycles. The standard InChI is InChI=1S/C30H43N5O5/c1-40-25-9-7-22(8-10-25)19-26(34-29(39)32-16-12-24-20-31-21-33-24)28(38)35-17-14-30(15-18-35,13-11-27(36)37)23-5-3-2-4-6-23/h7-10,20-21,23,26H,2-6,11-19H2,1H3,(H,31,33)(H,36,37)(H2,32,34,39). The van der Waals surface area contributed by atoms with Crippen molar-refractivity contribution in [1.82, 2.24) is 25.5 Å². The molecule has 2 fully saturated rings. The lowest BCUT2D eigenvalue weighted by atomic mass is 9.61. The van der Waals surface area contributed by atoms with E-state index in [4.69, 9.17) is 4.74 Å². The van der Waals surface area contributed by atoms with Gasteiger partial charge in [-0.15, -0.1) is 0 Å². The molecule has 1 saturated carbocycles. The minimum absolute atomic E-state index is 0.0292. The fourth-order valence-corrected chi connectivity index (χ4v) is 6.46. The molecule has 0 bridgehead atoms. The highest BCUT2D eigenvalue weighted by molar-refractivity contribution is 5.87. The Bertz CT molecular complexity index is 1090. The van der Waals surface area contributed by atoms with Crippen molar-refractivity contribution in [3.8, 4) is 5.75 Å². The van der Waals surface area contributed by atoms with Gasteiger partial charge in [0.15, 0.2) is 0 Å². The highest BCUT2D eigenvalue weighted by Crippen LogP contribution is 2.49. The van der Waals surface area contributed by atoms with Gasteiger partial charge in [0.25, 0.3) is 0 Å². The summed E-state index contributed by atoms with van der Waals surface area (Å²) in [5, 5.41) is 15.2. The van der Waals surface area contributed by atoms with Crippen LogP contribution in [0.2, 0.25) is 0 Å². The molecule has 10 heteroatoms. The van der Waals surface area contributed by atoms with Crippen molar-refractivity contribution in [2.24, 2.45) is 11.3 Å². The molecule has 218 valence electrons. The predicted octanol–water partition coefficient (Wildman–Crippen LogP) is 3.93. The predicted molar refractivity (Wildman–Crippen MR) is 151 cm³/mol. The summed E-state index contributed by atoms with van der Waals surface area (Å²) >= 11 is 0. The van der Waals surface area contributed by atoms with E-state index in [9.17, 15) is 19.5 Å².